The summed E-state index contributed by atoms with van der Waals surface area (Å²) in [4.78, 5) is 16.4. The lowest BCUT2D eigenvalue weighted by Crippen LogP contribution is -2.35. The predicted molar refractivity (Wildman–Crippen MR) is 106 cm³/mol. The molecule has 0 saturated heterocycles. The number of carbonyl (C=O) groups excluding carboxylic acids is 1. The fraction of sp³-hybridized carbons (Fsp3) is 0.111. The van der Waals surface area contributed by atoms with Gasteiger partial charge >= 0.3 is 0 Å². The van der Waals surface area contributed by atoms with E-state index in [1.807, 2.05) is 25.1 Å². The number of amidine groups is 2. The van der Waals surface area contributed by atoms with Crippen molar-refractivity contribution in [3.05, 3.63) is 65.1 Å². The number of benzene rings is 1. The molecule has 0 unspecified atom stereocenters. The highest BCUT2D eigenvalue weighted by atomic mass is 32.2. The molecule has 2 aromatic rings. The van der Waals surface area contributed by atoms with E-state index < -0.39 is 5.91 Å². The number of aryl methyl sites for hydroxylation is 1. The van der Waals surface area contributed by atoms with Gasteiger partial charge in [-0.2, -0.15) is 10.0 Å². The van der Waals surface area contributed by atoms with Crippen molar-refractivity contribution >= 4 is 50.9 Å². The molecule has 130 valence electrons. The number of nitrogens with one attached hydrogen (secondary N) is 1. The van der Waals surface area contributed by atoms with Crippen LogP contribution in [-0.4, -0.2) is 26.3 Å². The minimum Gasteiger partial charge on any atom is -0.462 e. The van der Waals surface area contributed by atoms with Crippen LogP contribution in [0.25, 0.3) is 6.08 Å². The Bertz CT molecular complexity index is 976. The average molecular weight is 382 g/mol. The normalized spacial score (nSPS) is 18.2. The van der Waals surface area contributed by atoms with Gasteiger partial charge in [0.15, 0.2) is 10.2 Å². The Hall–Kier alpha value is -2.58. The minimum absolute atomic E-state index is 0.0110. The van der Waals surface area contributed by atoms with Crippen molar-refractivity contribution in [1.82, 2.24) is 5.01 Å². The highest BCUT2D eigenvalue weighted by Crippen LogP contribution is 2.33. The monoisotopic (exact) mass is 382 g/mol. The summed E-state index contributed by atoms with van der Waals surface area (Å²) in [6.07, 6.45) is 1.53. The van der Waals surface area contributed by atoms with Crippen molar-refractivity contribution in [1.29, 1.82) is 5.41 Å². The van der Waals surface area contributed by atoms with Crippen molar-refractivity contribution in [2.45, 2.75) is 12.7 Å². The number of fused-ring (bicyclic) bond motifs is 1. The molecule has 6 nitrogen and oxygen atoms in total. The molecule has 2 aliphatic rings. The molecule has 2 aliphatic heterocycles. The first-order chi connectivity index (χ1) is 12.6. The van der Waals surface area contributed by atoms with E-state index in [4.69, 9.17) is 9.83 Å². The minimum atomic E-state index is -0.452. The van der Waals surface area contributed by atoms with Crippen molar-refractivity contribution in [2.75, 3.05) is 0 Å². The standard InChI is InChI=1S/C18H14N4O2S2/c1-11-7-8-13(24-11)9-14-15(19)22-17(20-16(14)23)26-18(21-22)25-10-12-5-3-2-4-6-12/h2-9,19H,10H2,1H3. The Balaban J connectivity index is 1.53. The number of hydrogen-bond acceptors (Lipinski definition) is 6. The molecule has 4 rings (SSSR count). The topological polar surface area (TPSA) is 82.0 Å². The van der Waals surface area contributed by atoms with E-state index in [9.17, 15) is 4.79 Å². The molecule has 0 aliphatic carbocycles. The highest BCUT2D eigenvalue weighted by Gasteiger charge is 2.35. The van der Waals surface area contributed by atoms with Gasteiger partial charge in [0.1, 0.15) is 11.5 Å². The van der Waals surface area contributed by atoms with Crippen molar-refractivity contribution < 1.29 is 9.21 Å². The summed E-state index contributed by atoms with van der Waals surface area (Å²) in [5.74, 6) is 1.58. The maximum Gasteiger partial charge on any atom is 0.283 e. The summed E-state index contributed by atoms with van der Waals surface area (Å²) in [7, 11) is 0. The first kappa shape index (κ1) is 16.9. The van der Waals surface area contributed by atoms with E-state index in [0.717, 1.165) is 15.9 Å². The fourth-order valence-corrected chi connectivity index (χ4v) is 4.31. The second-order valence-corrected chi connectivity index (χ2v) is 7.79. The van der Waals surface area contributed by atoms with Crippen LogP contribution in [0.4, 0.5) is 0 Å². The van der Waals surface area contributed by atoms with Gasteiger partial charge in [0.05, 0.1) is 5.57 Å². The number of nitrogens with zero attached hydrogens (tertiary/aromatic N) is 3. The number of rotatable bonds is 3. The number of amides is 1. The van der Waals surface area contributed by atoms with Crippen LogP contribution < -0.4 is 0 Å². The van der Waals surface area contributed by atoms with Gasteiger partial charge in [-0.3, -0.25) is 10.2 Å². The number of thioether (sulfide) groups is 2. The van der Waals surface area contributed by atoms with E-state index in [1.165, 1.54) is 28.4 Å². The van der Waals surface area contributed by atoms with Gasteiger partial charge in [-0.05, 0) is 42.5 Å². The third-order valence-corrected chi connectivity index (χ3v) is 5.80. The smallest absolute Gasteiger partial charge is 0.283 e. The Morgan fingerprint density at radius 3 is 2.81 bits per heavy atom. The fourth-order valence-electron chi connectivity index (χ4n) is 2.43. The number of hydrazone groups is 1. The van der Waals surface area contributed by atoms with Gasteiger partial charge in [-0.1, -0.05) is 42.1 Å². The van der Waals surface area contributed by atoms with E-state index >= 15 is 0 Å². The second-order valence-electron chi connectivity index (χ2n) is 5.61. The summed E-state index contributed by atoms with van der Waals surface area (Å²) in [5, 5.41) is 14.6. The van der Waals surface area contributed by atoms with Gasteiger partial charge in [0.25, 0.3) is 5.91 Å². The van der Waals surface area contributed by atoms with Crippen LogP contribution in [0.5, 0.6) is 0 Å². The Morgan fingerprint density at radius 1 is 1.27 bits per heavy atom. The summed E-state index contributed by atoms with van der Waals surface area (Å²) in [6.45, 7) is 1.82. The second kappa shape index (κ2) is 6.97. The molecule has 0 fully saturated rings. The largest absolute Gasteiger partial charge is 0.462 e. The van der Waals surface area contributed by atoms with Crippen LogP contribution in [0.3, 0.4) is 0 Å². The third kappa shape index (κ3) is 3.38. The zero-order valence-electron chi connectivity index (χ0n) is 13.8. The molecule has 1 aromatic carbocycles. The molecule has 1 aromatic heterocycles. The lowest BCUT2D eigenvalue weighted by atomic mass is 10.1. The van der Waals surface area contributed by atoms with Crippen LogP contribution in [0.1, 0.15) is 17.1 Å². The van der Waals surface area contributed by atoms with Crippen molar-refractivity contribution in [3.8, 4) is 0 Å². The van der Waals surface area contributed by atoms with Crippen LogP contribution in [-0.2, 0) is 10.5 Å². The maximum atomic E-state index is 12.3. The molecular weight excluding hydrogens is 368 g/mol. The Morgan fingerprint density at radius 2 is 2.08 bits per heavy atom. The van der Waals surface area contributed by atoms with Gasteiger partial charge in [-0.25, -0.2) is 0 Å². The predicted octanol–water partition coefficient (Wildman–Crippen LogP) is 4.10. The SMILES string of the molecule is Cc1ccc(C=C2C(=N)N3N=C(SCc4ccccc4)SC3=NC2=O)o1. The quantitative estimate of drug-likeness (QED) is 0.808. The van der Waals surface area contributed by atoms with Crippen molar-refractivity contribution in [2.24, 2.45) is 10.1 Å². The number of furan rings is 1. The molecule has 1 amide bonds. The molecule has 0 radical (unpaired) electrons. The molecule has 8 heteroatoms. The first-order valence-corrected chi connectivity index (χ1v) is 9.64. The lowest BCUT2D eigenvalue weighted by Gasteiger charge is -2.19. The van der Waals surface area contributed by atoms with Gasteiger partial charge in [0.2, 0.25) is 5.17 Å². The molecule has 0 spiro atoms. The Labute approximate surface area is 158 Å². The van der Waals surface area contributed by atoms with Crippen LogP contribution in [0.15, 0.2) is 62.5 Å². The average Bonchev–Trinajstić information content (AvgIpc) is 3.23. The summed E-state index contributed by atoms with van der Waals surface area (Å²) < 4.78 is 6.23. The molecular formula is C18H14N4O2S2. The van der Waals surface area contributed by atoms with E-state index in [2.05, 4.69) is 22.2 Å². The highest BCUT2D eigenvalue weighted by molar-refractivity contribution is 8.45. The third-order valence-electron chi connectivity index (χ3n) is 3.69. The maximum absolute atomic E-state index is 12.3. The van der Waals surface area contributed by atoms with Crippen LogP contribution in [0, 0.1) is 12.3 Å². The van der Waals surface area contributed by atoms with Crippen LogP contribution in [0.2, 0.25) is 0 Å². The van der Waals surface area contributed by atoms with Gasteiger partial charge in [-0.15, -0.1) is 5.10 Å². The van der Waals surface area contributed by atoms with E-state index in [-0.39, 0.29) is 11.4 Å². The first-order valence-electron chi connectivity index (χ1n) is 7.83. The van der Waals surface area contributed by atoms with Crippen molar-refractivity contribution in [3.63, 3.8) is 0 Å². The summed E-state index contributed by atoms with van der Waals surface area (Å²) in [6, 6.07) is 13.6. The zero-order chi connectivity index (χ0) is 18.1. The van der Waals surface area contributed by atoms with Gasteiger partial charge < -0.3 is 4.42 Å². The summed E-state index contributed by atoms with van der Waals surface area (Å²) >= 11 is 2.87. The summed E-state index contributed by atoms with van der Waals surface area (Å²) in [5.41, 5.74) is 1.36. The number of carbonyl (C=O) groups is 1. The lowest BCUT2D eigenvalue weighted by molar-refractivity contribution is -0.114. The molecule has 3 heterocycles. The molecule has 0 saturated carbocycles. The van der Waals surface area contributed by atoms with E-state index in [0.29, 0.717) is 10.9 Å². The molecule has 0 atom stereocenters. The molecule has 0 bridgehead atoms. The molecule has 26 heavy (non-hydrogen) atoms. The molecule has 1 N–H and O–H groups in total. The van der Waals surface area contributed by atoms with Gasteiger partial charge in [0, 0.05) is 5.75 Å². The van der Waals surface area contributed by atoms with Crippen LogP contribution >= 0.6 is 23.5 Å². The number of aliphatic imine (C=N–C) groups is 1. The zero-order valence-corrected chi connectivity index (χ0v) is 15.4. The number of hydrogen-bond donors (Lipinski definition) is 1. The Kier molecular flexibility index (Phi) is 4.52. The van der Waals surface area contributed by atoms with E-state index in [1.54, 1.807) is 23.9 Å².